The first-order valence-corrected chi connectivity index (χ1v) is 11.1. The Bertz CT molecular complexity index is 1060. The van der Waals surface area contributed by atoms with E-state index in [0.29, 0.717) is 35.5 Å². The van der Waals surface area contributed by atoms with E-state index in [4.69, 9.17) is 10.2 Å². The Hall–Kier alpha value is -2.74. The first-order valence-electron chi connectivity index (χ1n) is 10.3. The summed E-state index contributed by atoms with van der Waals surface area (Å²) in [5.74, 6) is 1.44. The summed E-state index contributed by atoms with van der Waals surface area (Å²) < 4.78 is 1.97. The quantitative estimate of drug-likeness (QED) is 0.530. The topological polar surface area (TPSA) is 114 Å². The molecule has 2 bridgehead atoms. The molecule has 0 radical (unpaired) electrons. The minimum absolute atomic E-state index is 0.0196. The first kappa shape index (κ1) is 19.2. The van der Waals surface area contributed by atoms with Crippen molar-refractivity contribution >= 4 is 33.9 Å². The molecule has 3 atom stereocenters. The maximum Gasteiger partial charge on any atom is 0.210 e. The van der Waals surface area contributed by atoms with Crippen molar-refractivity contribution < 1.29 is 5.11 Å². The average molecular weight is 425 g/mol. The molecule has 0 aromatic carbocycles. The molecule has 0 spiro atoms. The van der Waals surface area contributed by atoms with E-state index < -0.39 is 0 Å². The molecule has 30 heavy (non-hydrogen) atoms. The van der Waals surface area contributed by atoms with Gasteiger partial charge in [-0.05, 0) is 25.7 Å². The highest BCUT2D eigenvalue weighted by atomic mass is 32.1. The van der Waals surface area contributed by atoms with Crippen molar-refractivity contribution in [2.75, 3.05) is 17.2 Å². The maximum absolute atomic E-state index is 9.26. The Morgan fingerprint density at radius 1 is 1.27 bits per heavy atom. The first-order chi connectivity index (χ1) is 14.7. The lowest BCUT2D eigenvalue weighted by Crippen LogP contribution is -2.47. The zero-order valence-corrected chi connectivity index (χ0v) is 17.3. The molecule has 5 heterocycles. The number of nitrogens with one attached hydrogen (secondary N) is 2. The second kappa shape index (κ2) is 8.18. The van der Waals surface area contributed by atoms with Gasteiger partial charge in [0.15, 0.2) is 5.13 Å². The zero-order valence-electron chi connectivity index (χ0n) is 16.5. The second-order valence-electron chi connectivity index (χ2n) is 7.88. The fraction of sp³-hybridized carbons (Fsp3) is 0.500. The summed E-state index contributed by atoms with van der Waals surface area (Å²) in [5, 5.41) is 25.8. The summed E-state index contributed by atoms with van der Waals surface area (Å²) >= 11 is 1.40. The third-order valence-electron chi connectivity index (χ3n) is 6.03. The van der Waals surface area contributed by atoms with Crippen molar-refractivity contribution in [2.45, 2.75) is 56.8 Å². The van der Waals surface area contributed by atoms with Crippen LogP contribution in [0.25, 0.3) is 5.65 Å². The largest absolute Gasteiger partial charge is 0.391 e. The summed E-state index contributed by atoms with van der Waals surface area (Å²) in [6, 6.07) is 5.60. The number of rotatable bonds is 7. The molecule has 0 saturated carbocycles. The Morgan fingerprint density at radius 3 is 2.83 bits per heavy atom. The van der Waals surface area contributed by atoms with Crippen molar-refractivity contribution in [3.63, 3.8) is 0 Å². The molecule has 2 fully saturated rings. The van der Waals surface area contributed by atoms with Gasteiger partial charge < -0.3 is 15.7 Å². The maximum atomic E-state index is 9.26. The molecule has 2 saturated heterocycles. The molecule has 2 aliphatic rings. The molecule has 10 heteroatoms. The van der Waals surface area contributed by atoms with Crippen molar-refractivity contribution in [2.24, 2.45) is 0 Å². The summed E-state index contributed by atoms with van der Waals surface area (Å²) in [6.07, 6.45) is 10.5. The minimum Gasteiger partial charge on any atom is -0.391 e. The highest BCUT2D eigenvalue weighted by molar-refractivity contribution is 7.15. The van der Waals surface area contributed by atoms with Crippen LogP contribution in [0.4, 0.5) is 16.9 Å². The van der Waals surface area contributed by atoms with Gasteiger partial charge in [-0.15, -0.1) is 0 Å². The van der Waals surface area contributed by atoms with Crippen molar-refractivity contribution in [1.82, 2.24) is 24.3 Å². The average Bonchev–Trinajstić information content (AvgIpc) is 3.45. The lowest BCUT2D eigenvalue weighted by atomic mass is 9.97. The number of nitriles is 1. The van der Waals surface area contributed by atoms with Crippen molar-refractivity contribution in [3.05, 3.63) is 29.5 Å². The van der Waals surface area contributed by atoms with Crippen LogP contribution >= 0.6 is 11.3 Å². The third kappa shape index (κ3) is 3.71. The number of fused-ring (bicyclic) bond motifs is 3. The monoisotopic (exact) mass is 424 g/mol. The molecule has 3 aromatic rings. The van der Waals surface area contributed by atoms with Gasteiger partial charge in [-0.1, -0.05) is 11.3 Å². The lowest BCUT2D eigenvalue weighted by molar-refractivity contribution is 0.135. The van der Waals surface area contributed by atoms with E-state index in [1.807, 2.05) is 16.7 Å². The predicted octanol–water partition coefficient (Wildman–Crippen LogP) is 2.74. The Morgan fingerprint density at radius 2 is 2.10 bits per heavy atom. The predicted molar refractivity (Wildman–Crippen MR) is 115 cm³/mol. The Labute approximate surface area is 178 Å². The van der Waals surface area contributed by atoms with E-state index in [0.717, 1.165) is 35.9 Å². The van der Waals surface area contributed by atoms with E-state index in [1.54, 1.807) is 12.4 Å². The SMILES string of the molecule is N#CCCN1[C@@H]2CC[C@H]1C[C@H](Nc1nc(Nc3ncc(CO)s3)cc3nccn13)C2. The van der Waals surface area contributed by atoms with E-state index >= 15 is 0 Å². The van der Waals surface area contributed by atoms with Crippen LogP contribution in [-0.4, -0.2) is 54.0 Å². The fourth-order valence-electron chi connectivity index (χ4n) is 4.76. The molecule has 0 unspecified atom stereocenters. The number of anilines is 3. The van der Waals surface area contributed by atoms with Gasteiger partial charge >= 0.3 is 0 Å². The smallest absolute Gasteiger partial charge is 0.210 e. The highest BCUT2D eigenvalue weighted by Crippen LogP contribution is 2.37. The Balaban J connectivity index is 1.34. The molecule has 156 valence electrons. The molecule has 9 nitrogen and oxygen atoms in total. The molecule has 0 aliphatic carbocycles. The van der Waals surface area contributed by atoms with Crippen molar-refractivity contribution in [3.8, 4) is 6.07 Å². The number of imidazole rings is 1. The summed E-state index contributed by atoms with van der Waals surface area (Å²) in [5.41, 5.74) is 0.809. The van der Waals surface area contributed by atoms with E-state index in [-0.39, 0.29) is 6.61 Å². The number of hydrogen-bond acceptors (Lipinski definition) is 9. The number of hydrogen-bond donors (Lipinski definition) is 3. The summed E-state index contributed by atoms with van der Waals surface area (Å²) in [6.45, 7) is 0.861. The second-order valence-corrected chi connectivity index (χ2v) is 8.99. The van der Waals surface area contributed by atoms with E-state index in [1.165, 1.54) is 24.2 Å². The van der Waals surface area contributed by atoms with E-state index in [9.17, 15) is 5.11 Å². The molecule has 3 N–H and O–H groups in total. The van der Waals surface area contributed by atoms with Gasteiger partial charge in [0.25, 0.3) is 0 Å². The number of aromatic nitrogens is 4. The van der Waals surface area contributed by atoms with Crippen LogP contribution < -0.4 is 10.6 Å². The number of nitrogens with zero attached hydrogens (tertiary/aromatic N) is 6. The normalized spacial score (nSPS) is 23.5. The number of piperidine rings is 1. The van der Waals surface area contributed by atoms with Crippen LogP contribution in [-0.2, 0) is 6.61 Å². The van der Waals surface area contributed by atoms with Gasteiger partial charge in [0.05, 0.1) is 17.6 Å². The van der Waals surface area contributed by atoms with Gasteiger partial charge in [0.1, 0.15) is 11.5 Å². The number of aliphatic hydroxyl groups is 1. The lowest BCUT2D eigenvalue weighted by Gasteiger charge is -2.39. The molecule has 0 amide bonds. The Kier molecular flexibility index (Phi) is 5.25. The fourth-order valence-corrected chi connectivity index (χ4v) is 5.44. The molecule has 2 aliphatic heterocycles. The third-order valence-corrected chi connectivity index (χ3v) is 6.93. The number of thiazole rings is 1. The van der Waals surface area contributed by atoms with Crippen LogP contribution in [0, 0.1) is 11.3 Å². The van der Waals surface area contributed by atoms with Crippen LogP contribution in [0.5, 0.6) is 0 Å². The number of aliphatic hydroxyl groups excluding tert-OH is 1. The van der Waals surface area contributed by atoms with Gasteiger partial charge in [0.2, 0.25) is 5.95 Å². The molecular formula is C20H24N8OS. The van der Waals surface area contributed by atoms with Gasteiger partial charge in [-0.3, -0.25) is 9.30 Å². The zero-order chi connectivity index (χ0) is 20.5. The molecule has 5 rings (SSSR count). The highest BCUT2D eigenvalue weighted by Gasteiger charge is 2.40. The van der Waals surface area contributed by atoms with Gasteiger partial charge in [-0.2, -0.15) is 10.2 Å². The van der Waals surface area contributed by atoms with Gasteiger partial charge in [-0.25, -0.2) is 9.97 Å². The molecular weight excluding hydrogens is 400 g/mol. The van der Waals surface area contributed by atoms with Crippen LogP contribution in [0.15, 0.2) is 24.7 Å². The van der Waals surface area contributed by atoms with Crippen LogP contribution in [0.2, 0.25) is 0 Å². The summed E-state index contributed by atoms with van der Waals surface area (Å²) in [7, 11) is 0. The van der Waals surface area contributed by atoms with Crippen molar-refractivity contribution in [1.29, 1.82) is 5.26 Å². The van der Waals surface area contributed by atoms with Crippen LogP contribution in [0.1, 0.15) is 37.0 Å². The van der Waals surface area contributed by atoms with Gasteiger partial charge in [0, 0.05) is 55.7 Å². The van der Waals surface area contributed by atoms with E-state index in [2.05, 4.69) is 31.6 Å². The molecule has 3 aromatic heterocycles. The summed E-state index contributed by atoms with van der Waals surface area (Å²) in [4.78, 5) is 16.8. The van der Waals surface area contributed by atoms with Crippen LogP contribution in [0.3, 0.4) is 0 Å². The minimum atomic E-state index is -0.0196. The standard InChI is InChI=1S/C20H24N8OS/c21-4-1-6-27-14-2-3-15(27)9-13(8-14)24-19-25-17(10-18-22-5-7-28(18)19)26-20-23-11-16(12-29)30-20/h5,7,10-11,13-15,29H,1-3,6,8-9,12H2,(H,23,26)(H,24,25)/t13-,14-,15+.